The fraction of sp³-hybridized carbons (Fsp3) is 0.111. The number of nitrogens with zero attached hydrogens (tertiary/aromatic N) is 1. The molecule has 0 aliphatic carbocycles. The van der Waals surface area contributed by atoms with Gasteiger partial charge in [-0.3, -0.25) is 4.79 Å². The first-order chi connectivity index (χ1) is 11.5. The van der Waals surface area contributed by atoms with E-state index >= 15 is 0 Å². The Balaban J connectivity index is 2.06. The molecule has 3 nitrogen and oxygen atoms in total. The van der Waals surface area contributed by atoms with Crippen molar-refractivity contribution in [2.24, 2.45) is 0 Å². The molecular formula is C18H13BrFNO2S. The first kappa shape index (κ1) is 16.8. The number of carboxylic acid groups (broad SMARTS) is 1. The maximum Gasteiger partial charge on any atom is 0.303 e. The van der Waals surface area contributed by atoms with Crippen molar-refractivity contribution in [3.05, 3.63) is 63.3 Å². The van der Waals surface area contributed by atoms with Gasteiger partial charge in [-0.05, 0) is 48.4 Å². The quantitative estimate of drug-likeness (QED) is 0.600. The third-order valence-electron chi connectivity index (χ3n) is 3.46. The van der Waals surface area contributed by atoms with Gasteiger partial charge in [0.2, 0.25) is 0 Å². The van der Waals surface area contributed by atoms with Gasteiger partial charge in [-0.1, -0.05) is 28.1 Å². The second-order valence-electron chi connectivity index (χ2n) is 5.22. The Morgan fingerprint density at radius 1 is 1.25 bits per heavy atom. The number of para-hydroxylation sites is 1. The van der Waals surface area contributed by atoms with Crippen molar-refractivity contribution in [3.8, 4) is 0 Å². The van der Waals surface area contributed by atoms with Crippen LogP contribution in [0.3, 0.4) is 0 Å². The highest BCUT2D eigenvalue weighted by Gasteiger charge is 2.12. The van der Waals surface area contributed by atoms with E-state index in [1.165, 1.54) is 17.4 Å². The Bertz CT molecular complexity index is 903. The van der Waals surface area contributed by atoms with Gasteiger partial charge in [0.1, 0.15) is 10.8 Å². The summed E-state index contributed by atoms with van der Waals surface area (Å²) in [5, 5.41) is 9.71. The summed E-state index contributed by atoms with van der Waals surface area (Å²) in [7, 11) is 0. The molecule has 3 aromatic rings. The summed E-state index contributed by atoms with van der Waals surface area (Å²) in [4.78, 5) is 15.5. The lowest BCUT2D eigenvalue weighted by molar-refractivity contribution is -0.136. The average Bonchev–Trinajstić information content (AvgIpc) is 2.98. The molecule has 0 unspecified atom stereocenters. The summed E-state index contributed by atoms with van der Waals surface area (Å²) < 4.78 is 15.8. The van der Waals surface area contributed by atoms with Crippen molar-refractivity contribution in [1.29, 1.82) is 0 Å². The molecule has 1 N–H and O–H groups in total. The van der Waals surface area contributed by atoms with Gasteiger partial charge in [0.05, 0.1) is 10.2 Å². The molecule has 0 bridgehead atoms. The number of aromatic nitrogens is 1. The highest BCUT2D eigenvalue weighted by Crippen LogP contribution is 2.31. The maximum absolute atomic E-state index is 14.1. The fourth-order valence-corrected chi connectivity index (χ4v) is 3.69. The fourth-order valence-electron chi connectivity index (χ4n) is 2.30. The molecule has 0 spiro atoms. The van der Waals surface area contributed by atoms with E-state index in [4.69, 9.17) is 5.11 Å². The summed E-state index contributed by atoms with van der Waals surface area (Å²) in [6.45, 7) is 0. The van der Waals surface area contributed by atoms with Crippen LogP contribution in [-0.2, 0) is 4.79 Å². The van der Waals surface area contributed by atoms with Crippen LogP contribution in [0.15, 0.2) is 46.9 Å². The number of carbonyl (C=O) groups is 1. The van der Waals surface area contributed by atoms with E-state index in [2.05, 4.69) is 20.9 Å². The van der Waals surface area contributed by atoms with E-state index in [1.54, 1.807) is 18.2 Å². The molecule has 2 aromatic carbocycles. The number of fused-ring (bicyclic) bond motifs is 1. The SMILES string of the molecule is O=C(O)CC/C(=C\c1cc(Br)ccc1F)c1nc2ccccc2s1. The number of allylic oxidation sites excluding steroid dienone is 1. The third-order valence-corrected chi connectivity index (χ3v) is 5.07. The molecule has 0 fully saturated rings. The average molecular weight is 406 g/mol. The predicted molar refractivity (Wildman–Crippen MR) is 98.5 cm³/mol. The number of thiazole rings is 1. The molecule has 0 aliphatic rings. The zero-order valence-electron chi connectivity index (χ0n) is 12.5. The van der Waals surface area contributed by atoms with E-state index in [0.717, 1.165) is 25.3 Å². The monoisotopic (exact) mass is 405 g/mol. The van der Waals surface area contributed by atoms with Crippen molar-refractivity contribution in [3.63, 3.8) is 0 Å². The predicted octanol–water partition coefficient (Wildman–Crippen LogP) is 5.60. The normalized spacial score (nSPS) is 11.8. The second kappa shape index (κ2) is 7.23. The lowest BCUT2D eigenvalue weighted by Gasteiger charge is -2.04. The second-order valence-corrected chi connectivity index (χ2v) is 7.16. The zero-order valence-corrected chi connectivity index (χ0v) is 14.9. The van der Waals surface area contributed by atoms with Gasteiger partial charge in [-0.2, -0.15) is 0 Å². The number of hydrogen-bond donors (Lipinski definition) is 1. The molecule has 0 atom stereocenters. The van der Waals surface area contributed by atoms with E-state index in [1.807, 2.05) is 24.3 Å². The van der Waals surface area contributed by atoms with Gasteiger partial charge in [-0.25, -0.2) is 9.37 Å². The lowest BCUT2D eigenvalue weighted by Crippen LogP contribution is -1.96. The van der Waals surface area contributed by atoms with Gasteiger partial charge in [0, 0.05) is 16.5 Å². The maximum atomic E-state index is 14.1. The molecule has 0 amide bonds. The summed E-state index contributed by atoms with van der Waals surface area (Å²) in [5.74, 6) is -1.25. The standard InChI is InChI=1S/C18H13BrFNO2S/c19-13-6-7-14(20)12(10-13)9-11(5-8-17(22)23)18-21-15-3-1-2-4-16(15)24-18/h1-4,6-7,9-10H,5,8H2,(H,22,23)/b11-9+. The molecule has 6 heteroatoms. The molecule has 122 valence electrons. The number of carboxylic acids is 1. The summed E-state index contributed by atoms with van der Waals surface area (Å²) in [6, 6.07) is 12.4. The van der Waals surface area contributed by atoms with Crippen molar-refractivity contribution in [2.75, 3.05) is 0 Å². The minimum Gasteiger partial charge on any atom is -0.481 e. The van der Waals surface area contributed by atoms with Crippen molar-refractivity contribution >= 4 is 55.1 Å². The highest BCUT2D eigenvalue weighted by molar-refractivity contribution is 9.10. The van der Waals surface area contributed by atoms with E-state index < -0.39 is 5.97 Å². The first-order valence-electron chi connectivity index (χ1n) is 7.26. The van der Waals surface area contributed by atoms with Crippen LogP contribution in [0.25, 0.3) is 21.9 Å². The molecule has 0 radical (unpaired) electrons. The molecule has 1 heterocycles. The zero-order chi connectivity index (χ0) is 17.1. The number of benzene rings is 2. The summed E-state index contributed by atoms with van der Waals surface area (Å²) in [6.07, 6.45) is 1.94. The molecular weight excluding hydrogens is 393 g/mol. The minimum atomic E-state index is -0.892. The van der Waals surface area contributed by atoms with Crippen LogP contribution < -0.4 is 0 Å². The Morgan fingerprint density at radius 3 is 2.79 bits per heavy atom. The molecule has 1 aromatic heterocycles. The summed E-state index contributed by atoms with van der Waals surface area (Å²) in [5.41, 5.74) is 1.98. The van der Waals surface area contributed by atoms with Gasteiger partial charge in [0.15, 0.2) is 0 Å². The smallest absolute Gasteiger partial charge is 0.303 e. The van der Waals surface area contributed by atoms with Crippen molar-refractivity contribution in [1.82, 2.24) is 4.98 Å². The first-order valence-corrected chi connectivity index (χ1v) is 8.87. The van der Waals surface area contributed by atoms with Gasteiger partial charge in [0.25, 0.3) is 0 Å². The van der Waals surface area contributed by atoms with Crippen LogP contribution in [0.2, 0.25) is 0 Å². The van der Waals surface area contributed by atoms with Crippen LogP contribution in [0, 0.1) is 5.82 Å². The van der Waals surface area contributed by atoms with Gasteiger partial charge in [-0.15, -0.1) is 11.3 Å². The minimum absolute atomic E-state index is 0.0304. The lowest BCUT2D eigenvalue weighted by atomic mass is 10.1. The molecule has 0 saturated carbocycles. The van der Waals surface area contributed by atoms with Crippen LogP contribution >= 0.6 is 27.3 Å². The topological polar surface area (TPSA) is 50.2 Å². The number of aliphatic carboxylic acids is 1. The van der Waals surface area contributed by atoms with Gasteiger partial charge < -0.3 is 5.11 Å². The Hall–Kier alpha value is -2.05. The number of halogens is 2. The molecule has 24 heavy (non-hydrogen) atoms. The Labute approximate surface area is 150 Å². The van der Waals surface area contributed by atoms with Crippen molar-refractivity contribution in [2.45, 2.75) is 12.8 Å². The Kier molecular flexibility index (Phi) is 5.06. The molecule has 0 aliphatic heterocycles. The van der Waals surface area contributed by atoms with E-state index in [-0.39, 0.29) is 12.2 Å². The third kappa shape index (κ3) is 3.88. The van der Waals surface area contributed by atoms with Gasteiger partial charge >= 0.3 is 5.97 Å². The van der Waals surface area contributed by atoms with Crippen LogP contribution in [-0.4, -0.2) is 16.1 Å². The number of hydrogen-bond acceptors (Lipinski definition) is 3. The van der Waals surface area contributed by atoms with E-state index in [9.17, 15) is 9.18 Å². The number of rotatable bonds is 5. The van der Waals surface area contributed by atoms with Crippen LogP contribution in [0.1, 0.15) is 23.4 Å². The highest BCUT2D eigenvalue weighted by atomic mass is 79.9. The van der Waals surface area contributed by atoms with Crippen molar-refractivity contribution < 1.29 is 14.3 Å². The summed E-state index contributed by atoms with van der Waals surface area (Å²) >= 11 is 4.81. The molecule has 3 rings (SSSR count). The largest absolute Gasteiger partial charge is 0.481 e. The van der Waals surface area contributed by atoms with Crippen LogP contribution in [0.4, 0.5) is 4.39 Å². The van der Waals surface area contributed by atoms with Crippen LogP contribution in [0.5, 0.6) is 0 Å². The van der Waals surface area contributed by atoms with E-state index in [0.29, 0.717) is 12.0 Å². The Morgan fingerprint density at radius 2 is 2.04 bits per heavy atom. The molecule has 0 saturated heterocycles.